The molecule has 2 aromatic heterocycles. The zero-order valence-electron chi connectivity index (χ0n) is 28.8. The maximum atomic E-state index is 13.5. The van der Waals surface area contributed by atoms with Crippen molar-refractivity contribution < 1.29 is 27.5 Å². The Kier molecular flexibility index (Phi) is 9.29. The Hall–Kier alpha value is -4.86. The average molecular weight is 730 g/mol. The Balaban J connectivity index is 1.08. The fourth-order valence-electron chi connectivity index (χ4n) is 6.67. The minimum atomic E-state index is -3.94. The van der Waals surface area contributed by atoms with E-state index in [-0.39, 0.29) is 48.0 Å². The van der Waals surface area contributed by atoms with E-state index >= 15 is 0 Å². The number of nitrogens with one attached hydrogen (secondary N) is 2. The summed E-state index contributed by atoms with van der Waals surface area (Å²) < 4.78 is 34.3. The number of rotatable bonds is 10. The van der Waals surface area contributed by atoms with E-state index in [9.17, 15) is 22.8 Å². The lowest BCUT2D eigenvalue weighted by atomic mass is 10.0. The summed E-state index contributed by atoms with van der Waals surface area (Å²) >= 11 is 1.34. The maximum Gasteiger partial charge on any atom is 0.410 e. The van der Waals surface area contributed by atoms with Crippen LogP contribution in [0.4, 0.5) is 21.6 Å². The highest BCUT2D eigenvalue weighted by atomic mass is 32.2. The lowest BCUT2D eigenvalue weighted by Crippen LogP contribution is -2.58. The number of hydrogen-bond donors (Lipinski definition) is 2. The van der Waals surface area contributed by atoms with Crippen LogP contribution in [0.15, 0.2) is 65.6 Å². The van der Waals surface area contributed by atoms with Crippen LogP contribution in [0, 0.1) is 12.8 Å². The molecule has 1 saturated carbocycles. The number of anilines is 3. The zero-order valence-corrected chi connectivity index (χ0v) is 30.4. The second-order valence-corrected chi connectivity index (χ2v) is 15.9. The van der Waals surface area contributed by atoms with Crippen molar-refractivity contribution in [2.75, 3.05) is 30.4 Å². The molecule has 1 saturated heterocycles. The first-order valence-corrected chi connectivity index (χ1v) is 19.2. The Morgan fingerprint density at radius 2 is 1.82 bits per heavy atom. The summed E-state index contributed by atoms with van der Waals surface area (Å²) in [6.07, 6.45) is 1.59. The molecule has 3 aliphatic rings. The normalized spacial score (nSPS) is 18.2. The second kappa shape index (κ2) is 13.7. The van der Waals surface area contributed by atoms with Gasteiger partial charge in [0.15, 0.2) is 5.13 Å². The molecule has 51 heavy (non-hydrogen) atoms. The molecular weight excluding hydrogens is 691 g/mol. The fourth-order valence-corrected chi connectivity index (χ4v) is 8.62. The molecular formula is C36H39N7O6S2. The highest BCUT2D eigenvalue weighted by Gasteiger charge is 2.41. The zero-order chi connectivity index (χ0) is 36.0. The van der Waals surface area contributed by atoms with Gasteiger partial charge in [0.2, 0.25) is 10.0 Å². The summed E-state index contributed by atoms with van der Waals surface area (Å²) in [5.41, 5.74) is 3.11. The molecule has 0 radical (unpaired) electrons. The van der Waals surface area contributed by atoms with Crippen LogP contribution in [-0.2, 0) is 32.7 Å². The number of amides is 3. The fraction of sp³-hybridized carbons (Fsp3) is 0.361. The number of carbonyl (C=O) groups is 3. The SMILES string of the molecule is CNS(=O)(=O)c1cc(-c2sc(Nc3cccc(N4CCN(C(=O)OCc5ccccc5)[C@@H](C)C4=O)n3)nc2C)cc2c1C(=O)N([C@@H](C)C1CC1)C2. The summed E-state index contributed by atoms with van der Waals surface area (Å²) in [4.78, 5) is 54.7. The summed E-state index contributed by atoms with van der Waals surface area (Å²) in [7, 11) is -2.60. The number of aromatic nitrogens is 2. The number of hydrogen-bond acceptors (Lipinski definition) is 10. The highest BCUT2D eigenvalue weighted by molar-refractivity contribution is 7.89. The van der Waals surface area contributed by atoms with E-state index in [1.54, 1.807) is 41.0 Å². The number of ether oxygens (including phenoxy) is 1. The third-order valence-corrected chi connectivity index (χ3v) is 12.3. The molecule has 2 fully saturated rings. The van der Waals surface area contributed by atoms with Crippen molar-refractivity contribution >= 4 is 56.0 Å². The van der Waals surface area contributed by atoms with Gasteiger partial charge in [-0.1, -0.05) is 47.7 Å². The molecule has 3 amide bonds. The van der Waals surface area contributed by atoms with E-state index in [4.69, 9.17) is 9.72 Å². The quantitative estimate of drug-likeness (QED) is 0.222. The van der Waals surface area contributed by atoms with Crippen LogP contribution in [0.25, 0.3) is 10.4 Å². The van der Waals surface area contributed by atoms with Gasteiger partial charge in [0, 0.05) is 25.7 Å². The van der Waals surface area contributed by atoms with E-state index < -0.39 is 22.2 Å². The van der Waals surface area contributed by atoms with Crippen molar-refractivity contribution in [3.8, 4) is 10.4 Å². The van der Waals surface area contributed by atoms with Crippen molar-refractivity contribution in [3.05, 3.63) is 83.0 Å². The number of carbonyl (C=O) groups excluding carboxylic acids is 3. The first-order valence-electron chi connectivity index (χ1n) is 16.9. The van der Waals surface area contributed by atoms with E-state index in [1.165, 1.54) is 23.3 Å². The van der Waals surface area contributed by atoms with E-state index in [0.29, 0.717) is 46.1 Å². The molecule has 1 aliphatic carbocycles. The molecule has 15 heteroatoms. The van der Waals surface area contributed by atoms with E-state index in [1.807, 2.05) is 50.2 Å². The molecule has 0 bridgehead atoms. The van der Waals surface area contributed by atoms with Gasteiger partial charge in [0.25, 0.3) is 11.8 Å². The van der Waals surface area contributed by atoms with Gasteiger partial charge in [0.05, 0.1) is 21.0 Å². The average Bonchev–Trinajstić information content (AvgIpc) is 3.84. The standard InChI is InChI=1S/C36H39N7O6S2/c1-21-32(26-17-27-19-43(22(2)25-13-14-25)34(45)31(27)28(18-26)51(47,48)37-4)50-35(38-21)40-29-11-8-12-30(39-29)42-16-15-41(23(3)33(42)44)36(46)49-20-24-9-6-5-7-10-24/h5-12,17-18,22-23,25,37H,13-16,19-20H2,1-4H3,(H,38,39,40)/t22-,23-/m0/s1. The van der Waals surface area contributed by atoms with Crippen molar-refractivity contribution in [2.24, 2.45) is 5.92 Å². The van der Waals surface area contributed by atoms with Crippen LogP contribution in [0.5, 0.6) is 0 Å². The molecule has 2 aliphatic heterocycles. The van der Waals surface area contributed by atoms with Gasteiger partial charge in [-0.15, -0.1) is 0 Å². The van der Waals surface area contributed by atoms with Gasteiger partial charge < -0.3 is 15.0 Å². The van der Waals surface area contributed by atoms with Gasteiger partial charge in [0.1, 0.15) is 24.3 Å². The lowest BCUT2D eigenvalue weighted by Gasteiger charge is -2.37. The maximum absolute atomic E-state index is 13.5. The van der Waals surface area contributed by atoms with Crippen molar-refractivity contribution in [1.29, 1.82) is 0 Å². The minimum Gasteiger partial charge on any atom is -0.445 e. The number of nitrogens with zero attached hydrogens (tertiary/aromatic N) is 5. The van der Waals surface area contributed by atoms with Crippen LogP contribution in [0.2, 0.25) is 0 Å². The van der Waals surface area contributed by atoms with E-state index in [0.717, 1.165) is 23.3 Å². The summed E-state index contributed by atoms with van der Waals surface area (Å²) in [5, 5.41) is 3.76. The van der Waals surface area contributed by atoms with Crippen molar-refractivity contribution in [2.45, 2.75) is 63.7 Å². The molecule has 13 nitrogen and oxygen atoms in total. The number of sulfonamides is 1. The number of benzene rings is 2. The van der Waals surface area contributed by atoms with Gasteiger partial charge in [-0.05, 0) is 87.5 Å². The molecule has 0 unspecified atom stereocenters. The third-order valence-electron chi connectivity index (χ3n) is 9.75. The smallest absolute Gasteiger partial charge is 0.410 e. The van der Waals surface area contributed by atoms with Gasteiger partial charge in [-0.25, -0.2) is 27.9 Å². The Bertz CT molecular complexity index is 2120. The molecule has 266 valence electrons. The molecule has 2 atom stereocenters. The van der Waals surface area contributed by atoms with Crippen molar-refractivity contribution in [1.82, 2.24) is 24.5 Å². The Labute approximate surface area is 300 Å². The monoisotopic (exact) mass is 729 g/mol. The molecule has 4 aromatic rings. The molecule has 0 spiro atoms. The van der Waals surface area contributed by atoms with Gasteiger partial charge in [-0.3, -0.25) is 19.4 Å². The lowest BCUT2D eigenvalue weighted by molar-refractivity contribution is -0.124. The van der Waals surface area contributed by atoms with Crippen LogP contribution < -0.4 is 14.9 Å². The minimum absolute atomic E-state index is 0.0338. The van der Waals surface area contributed by atoms with Crippen LogP contribution in [0.3, 0.4) is 0 Å². The number of piperazine rings is 1. The number of thiazole rings is 1. The number of aryl methyl sites for hydroxylation is 1. The van der Waals surface area contributed by atoms with Crippen LogP contribution >= 0.6 is 11.3 Å². The number of pyridine rings is 1. The summed E-state index contributed by atoms with van der Waals surface area (Å²) in [6.45, 7) is 6.55. The van der Waals surface area contributed by atoms with Gasteiger partial charge >= 0.3 is 6.09 Å². The summed E-state index contributed by atoms with van der Waals surface area (Å²) in [6, 6.07) is 17.4. The largest absolute Gasteiger partial charge is 0.445 e. The predicted molar refractivity (Wildman–Crippen MR) is 193 cm³/mol. The van der Waals surface area contributed by atoms with Gasteiger partial charge in [-0.2, -0.15) is 0 Å². The second-order valence-electron chi connectivity index (χ2n) is 13.1. The number of fused-ring (bicyclic) bond motifs is 1. The molecule has 2 aromatic carbocycles. The molecule has 2 N–H and O–H groups in total. The van der Waals surface area contributed by atoms with Crippen LogP contribution in [-0.4, -0.2) is 78.3 Å². The van der Waals surface area contributed by atoms with Crippen LogP contribution in [0.1, 0.15) is 53.9 Å². The topological polar surface area (TPSA) is 154 Å². The third kappa shape index (κ3) is 6.80. The highest BCUT2D eigenvalue weighted by Crippen LogP contribution is 2.42. The molecule has 4 heterocycles. The summed E-state index contributed by atoms with van der Waals surface area (Å²) in [5.74, 6) is 0.800. The van der Waals surface area contributed by atoms with E-state index in [2.05, 4.69) is 15.0 Å². The van der Waals surface area contributed by atoms with Crippen molar-refractivity contribution in [3.63, 3.8) is 0 Å². The Morgan fingerprint density at radius 3 is 2.55 bits per heavy atom. The predicted octanol–water partition coefficient (Wildman–Crippen LogP) is 5.29. The first-order chi connectivity index (χ1) is 24.4. The molecule has 7 rings (SSSR count). The Morgan fingerprint density at radius 1 is 1.06 bits per heavy atom. The first kappa shape index (κ1) is 34.6.